The van der Waals surface area contributed by atoms with Crippen molar-refractivity contribution in [2.24, 2.45) is 11.8 Å². The molecular weight excluding hydrogens is 324 g/mol. The predicted molar refractivity (Wildman–Crippen MR) is 106 cm³/mol. The van der Waals surface area contributed by atoms with Gasteiger partial charge in [-0.15, -0.1) is 11.8 Å². The molecule has 0 aliphatic carbocycles. The molecule has 3 heteroatoms. The molecule has 0 spiro atoms. The fourth-order valence-electron chi connectivity index (χ4n) is 8.39. The van der Waals surface area contributed by atoms with Crippen molar-refractivity contribution in [1.82, 2.24) is 0 Å². The first kappa shape index (κ1) is 16.2. The molecule has 8 saturated heterocycles. The zero-order valence-corrected chi connectivity index (χ0v) is 16.9. The van der Waals surface area contributed by atoms with Gasteiger partial charge in [-0.3, -0.25) is 0 Å². The summed E-state index contributed by atoms with van der Waals surface area (Å²) in [5, 5.41) is 2.04. The van der Waals surface area contributed by atoms with Crippen molar-refractivity contribution in [3.05, 3.63) is 0 Å². The number of hydrogen-bond acceptors (Lipinski definition) is 1. The van der Waals surface area contributed by atoms with E-state index in [1.807, 2.05) is 0 Å². The van der Waals surface area contributed by atoms with Gasteiger partial charge < -0.3 is 8.97 Å². The minimum Gasteiger partial charge on any atom is -0.320 e. The molecular formula is C22H38N2S+2. The van der Waals surface area contributed by atoms with E-state index in [0.717, 1.165) is 34.4 Å². The number of nitrogens with zero attached hydrogens (tertiary/aromatic N) is 2. The summed E-state index contributed by atoms with van der Waals surface area (Å²) >= 11 is 2.51. The Balaban J connectivity index is 1.19. The van der Waals surface area contributed by atoms with Gasteiger partial charge >= 0.3 is 0 Å². The lowest BCUT2D eigenvalue weighted by Crippen LogP contribution is -2.70. The second-order valence-electron chi connectivity index (χ2n) is 10.7. The van der Waals surface area contributed by atoms with E-state index in [0.29, 0.717) is 0 Å². The Kier molecular flexibility index (Phi) is 3.82. The van der Waals surface area contributed by atoms with Gasteiger partial charge in [0.05, 0.1) is 49.8 Å². The van der Waals surface area contributed by atoms with Crippen LogP contribution in [0.2, 0.25) is 0 Å². The Labute approximate surface area is 158 Å². The number of thioether (sulfide) groups is 1. The maximum absolute atomic E-state index is 2.51. The van der Waals surface area contributed by atoms with E-state index in [9.17, 15) is 0 Å². The van der Waals surface area contributed by atoms with Gasteiger partial charge in [-0.2, -0.15) is 0 Å². The number of piperidine rings is 6. The average molecular weight is 363 g/mol. The van der Waals surface area contributed by atoms with Gasteiger partial charge in [0.15, 0.2) is 0 Å². The van der Waals surface area contributed by atoms with E-state index >= 15 is 0 Å². The second-order valence-corrected chi connectivity index (χ2v) is 12.2. The quantitative estimate of drug-likeness (QED) is 0.668. The number of fused-ring (bicyclic) bond motifs is 8. The van der Waals surface area contributed by atoms with E-state index in [2.05, 4.69) is 11.8 Å². The maximum Gasteiger partial charge on any atom is 0.101 e. The summed E-state index contributed by atoms with van der Waals surface area (Å²) in [5.74, 6) is 2.22. The fraction of sp³-hybridized carbons (Fsp3) is 1.00. The highest BCUT2D eigenvalue weighted by atomic mass is 32.2. The van der Waals surface area contributed by atoms with Crippen LogP contribution in [0.25, 0.3) is 0 Å². The van der Waals surface area contributed by atoms with Crippen LogP contribution in [0, 0.1) is 11.8 Å². The molecule has 0 aromatic carbocycles. The lowest BCUT2D eigenvalue weighted by Gasteiger charge is -2.61. The van der Waals surface area contributed by atoms with Gasteiger partial charge in [-0.25, -0.2) is 0 Å². The normalized spacial score (nSPS) is 57.6. The molecule has 0 saturated carbocycles. The molecule has 0 aromatic heterocycles. The first-order chi connectivity index (χ1) is 12.3. The van der Waals surface area contributed by atoms with Crippen LogP contribution in [0.4, 0.5) is 0 Å². The van der Waals surface area contributed by atoms with Crippen LogP contribution in [0.15, 0.2) is 0 Å². The monoisotopic (exact) mass is 362 g/mol. The molecule has 140 valence electrons. The second kappa shape index (κ2) is 5.88. The molecule has 4 atom stereocenters. The van der Waals surface area contributed by atoms with Crippen molar-refractivity contribution in [2.45, 2.75) is 86.8 Å². The molecule has 0 aromatic rings. The Morgan fingerprint density at radius 1 is 0.440 bits per heavy atom. The molecule has 4 unspecified atom stereocenters. The third kappa shape index (κ3) is 2.44. The van der Waals surface area contributed by atoms with Crippen LogP contribution in [-0.2, 0) is 0 Å². The Bertz CT molecular complexity index is 445. The minimum atomic E-state index is 1.02. The standard InChI is InChI=1S/C22H38N2S/c1-3-21-20(24-14-8-18(9-15-24)10-16-24)2-4-22(25-21)19(1)23-11-5-17(6-12-23)7-13-23/h17-22H,1-16H2/q+2. The van der Waals surface area contributed by atoms with Gasteiger partial charge in [-0.1, -0.05) is 0 Å². The van der Waals surface area contributed by atoms with E-state index in [-0.39, 0.29) is 0 Å². The van der Waals surface area contributed by atoms with Crippen LogP contribution < -0.4 is 0 Å². The molecule has 0 amide bonds. The highest BCUT2D eigenvalue weighted by molar-refractivity contribution is 8.00. The topological polar surface area (TPSA) is 0 Å². The van der Waals surface area contributed by atoms with Gasteiger partial charge in [0.2, 0.25) is 0 Å². The SMILES string of the molecule is C1C[N+]2(C3CCC4SC3CCC4[N+]34CCC(CC3)CC4)CCC1CC2. The third-order valence-electron chi connectivity index (χ3n) is 10.0. The molecule has 0 N–H and O–H groups in total. The molecule has 25 heavy (non-hydrogen) atoms. The maximum atomic E-state index is 2.51. The van der Waals surface area contributed by atoms with Gasteiger partial charge in [0, 0.05) is 12.8 Å². The van der Waals surface area contributed by atoms with E-state index in [4.69, 9.17) is 0 Å². The summed E-state index contributed by atoms with van der Waals surface area (Å²) in [4.78, 5) is 0. The van der Waals surface area contributed by atoms with Crippen LogP contribution >= 0.6 is 11.8 Å². The molecule has 8 heterocycles. The first-order valence-corrected chi connectivity index (χ1v) is 12.6. The number of hydrogen-bond donors (Lipinski definition) is 0. The van der Waals surface area contributed by atoms with Crippen molar-refractivity contribution in [3.63, 3.8) is 0 Å². The van der Waals surface area contributed by atoms with Crippen LogP contribution in [0.5, 0.6) is 0 Å². The summed E-state index contributed by atoms with van der Waals surface area (Å²) in [6.45, 7) is 9.26. The number of quaternary nitrogens is 2. The highest BCUT2D eigenvalue weighted by Crippen LogP contribution is 2.52. The van der Waals surface area contributed by atoms with Crippen molar-refractivity contribution >= 4 is 11.8 Å². The molecule has 8 fully saturated rings. The molecule has 8 aliphatic heterocycles. The van der Waals surface area contributed by atoms with E-state index in [1.165, 1.54) is 0 Å². The van der Waals surface area contributed by atoms with Gasteiger partial charge in [-0.05, 0) is 63.2 Å². The summed E-state index contributed by atoms with van der Waals surface area (Å²) < 4.78 is 3.13. The highest BCUT2D eigenvalue weighted by Gasteiger charge is 2.56. The smallest absolute Gasteiger partial charge is 0.101 e. The van der Waals surface area contributed by atoms with Crippen molar-refractivity contribution in [1.29, 1.82) is 0 Å². The summed E-state index contributed by atoms with van der Waals surface area (Å²) in [5.41, 5.74) is 0. The molecule has 2 nitrogen and oxygen atoms in total. The Morgan fingerprint density at radius 3 is 1.16 bits per heavy atom. The lowest BCUT2D eigenvalue weighted by molar-refractivity contribution is -0.970. The summed E-state index contributed by atoms with van der Waals surface area (Å²) in [6.07, 6.45) is 15.6. The summed E-state index contributed by atoms with van der Waals surface area (Å²) in [7, 11) is 0. The zero-order valence-electron chi connectivity index (χ0n) is 16.1. The first-order valence-electron chi connectivity index (χ1n) is 11.6. The van der Waals surface area contributed by atoms with Gasteiger partial charge in [0.1, 0.15) is 12.1 Å². The predicted octanol–water partition coefficient (Wildman–Crippen LogP) is 4.04. The average Bonchev–Trinajstić information content (AvgIpc) is 2.71. The molecule has 8 rings (SSSR count). The molecule has 0 radical (unpaired) electrons. The Morgan fingerprint density at radius 2 is 0.800 bits per heavy atom. The van der Waals surface area contributed by atoms with Crippen molar-refractivity contribution in [2.75, 3.05) is 39.3 Å². The van der Waals surface area contributed by atoms with E-state index in [1.54, 1.807) is 112 Å². The third-order valence-corrected chi connectivity index (χ3v) is 11.8. The molecule has 8 aliphatic rings. The number of rotatable bonds is 2. The van der Waals surface area contributed by atoms with Gasteiger partial charge in [0.25, 0.3) is 0 Å². The van der Waals surface area contributed by atoms with Crippen LogP contribution in [0.1, 0.15) is 64.2 Å². The minimum absolute atomic E-state index is 1.02. The van der Waals surface area contributed by atoms with Crippen LogP contribution in [-0.4, -0.2) is 70.8 Å². The van der Waals surface area contributed by atoms with Crippen molar-refractivity contribution < 1.29 is 8.97 Å². The fourth-order valence-corrected chi connectivity index (χ4v) is 10.5. The van der Waals surface area contributed by atoms with E-state index < -0.39 is 0 Å². The zero-order chi connectivity index (χ0) is 16.5. The summed E-state index contributed by atoms with van der Waals surface area (Å²) in [6, 6.07) is 2.08. The largest absolute Gasteiger partial charge is 0.320 e. The van der Waals surface area contributed by atoms with Crippen molar-refractivity contribution in [3.8, 4) is 0 Å². The molecule has 6 bridgehead atoms. The Hall–Kier alpha value is 0.270. The van der Waals surface area contributed by atoms with Crippen LogP contribution in [0.3, 0.4) is 0 Å². The lowest BCUT2D eigenvalue weighted by atomic mass is 9.78.